The molecule has 0 spiro atoms. The normalized spacial score (nSPS) is 16.6. The predicted molar refractivity (Wildman–Crippen MR) is 434 cm³/mol. The van der Waals surface area contributed by atoms with Crippen molar-refractivity contribution in [1.29, 1.82) is 0 Å². The molecule has 1 saturated heterocycles. The minimum absolute atomic E-state index is 0.0895. The van der Waals surface area contributed by atoms with Crippen molar-refractivity contribution < 1.29 is 82.1 Å². The van der Waals surface area contributed by atoms with E-state index in [-0.39, 0.29) is 57.6 Å². The van der Waals surface area contributed by atoms with Crippen molar-refractivity contribution in [3.05, 3.63) is 72.1 Å². The van der Waals surface area contributed by atoms with Gasteiger partial charge < -0.3 is 108 Å². The molecule has 5 rings (SSSR count). The Labute approximate surface area is 680 Å². The lowest BCUT2D eigenvalue weighted by atomic mass is 9.96. The van der Waals surface area contributed by atoms with Gasteiger partial charge in [-0.05, 0) is 105 Å². The van der Waals surface area contributed by atoms with Crippen LogP contribution in [0.1, 0.15) is 142 Å². The van der Waals surface area contributed by atoms with E-state index in [0.29, 0.717) is 52.1 Å². The molecule has 1 fully saturated rings. The molecule has 0 saturated carbocycles. The summed E-state index contributed by atoms with van der Waals surface area (Å²) in [5.74, 6) is -16.1. The molecular formula is C75H114N22O17S2. The number of carbonyl (C=O) groups is 15. The molecule has 2 aromatic heterocycles. The van der Waals surface area contributed by atoms with Crippen molar-refractivity contribution in [2.75, 3.05) is 43.7 Å². The van der Waals surface area contributed by atoms with Gasteiger partial charge in [0.2, 0.25) is 82.7 Å². The largest absolute Gasteiger partial charge is 0.481 e. The number of carboxylic acid groups (broad SMARTS) is 1. The number of fused-ring (bicyclic) bond motifs is 1. The number of aliphatic hydroxyl groups excluding tert-OH is 1. The highest BCUT2D eigenvalue weighted by Gasteiger charge is 2.46. The van der Waals surface area contributed by atoms with Crippen LogP contribution < -0.4 is 87.6 Å². The van der Waals surface area contributed by atoms with Gasteiger partial charge in [0.1, 0.15) is 72.2 Å². The van der Waals surface area contributed by atoms with Crippen molar-refractivity contribution in [2.45, 2.75) is 216 Å². The summed E-state index contributed by atoms with van der Waals surface area (Å²) in [5.41, 5.74) is 37.0. The number of amides is 14. The van der Waals surface area contributed by atoms with E-state index < -0.39 is 211 Å². The number of hydrogen-bond acceptors (Lipinski definition) is 22. The van der Waals surface area contributed by atoms with Crippen LogP contribution in [-0.4, -0.2) is 246 Å². The summed E-state index contributed by atoms with van der Waals surface area (Å²) in [6.45, 7) is 8.67. The quantitative estimate of drug-likeness (QED) is 0.0120. The zero-order valence-electron chi connectivity index (χ0n) is 66.6. The van der Waals surface area contributed by atoms with Gasteiger partial charge in [-0.15, -0.1) is 5.10 Å². The average Bonchev–Trinajstić information content (AvgIpc) is 1.63. The molecule has 2 aromatic carbocycles. The fourth-order valence-corrected chi connectivity index (χ4v) is 13.6. The number of hydrogen-bond donors (Lipinski definition) is 19. The van der Waals surface area contributed by atoms with Gasteiger partial charge >= 0.3 is 5.97 Å². The number of likely N-dealkylation sites (tertiary alicyclic amines) is 1. The third-order valence-electron chi connectivity index (χ3n) is 19.9. The summed E-state index contributed by atoms with van der Waals surface area (Å²) >= 11 is 2.78. The number of unbranched alkanes of at least 4 members (excludes halogenated alkanes) is 1. The fourth-order valence-electron chi connectivity index (χ4n) is 12.6. The second kappa shape index (κ2) is 47.8. The van der Waals surface area contributed by atoms with E-state index in [1.54, 1.807) is 76.9 Å². The molecule has 39 nitrogen and oxygen atoms in total. The van der Waals surface area contributed by atoms with Gasteiger partial charge in [0.15, 0.2) is 5.96 Å². The third-order valence-corrected chi connectivity index (χ3v) is 21.2. The van der Waals surface area contributed by atoms with E-state index in [0.717, 1.165) is 29.7 Å². The maximum absolute atomic E-state index is 15.7. The number of aryl methyl sites for hydroxylation is 1. The number of carboxylic acids is 1. The summed E-state index contributed by atoms with van der Waals surface area (Å²) in [6.07, 6.45) is 7.08. The Balaban J connectivity index is 1.50. The molecule has 14 amide bonds. The van der Waals surface area contributed by atoms with Crippen LogP contribution in [0, 0.1) is 11.8 Å². The molecular weight excluding hydrogens is 1550 g/mol. The minimum atomic E-state index is -1.94. The van der Waals surface area contributed by atoms with Crippen molar-refractivity contribution in [3.63, 3.8) is 0 Å². The number of carbonyl (C=O) groups excluding carboxylic acids is 14. The zero-order valence-corrected chi connectivity index (χ0v) is 68.2. The van der Waals surface area contributed by atoms with Crippen LogP contribution >= 0.6 is 23.5 Å². The average molecular weight is 1660 g/mol. The number of nitrogens with two attached hydrogens (primary N) is 6. The number of primary amides is 3. The molecule has 25 N–H and O–H groups in total. The Morgan fingerprint density at radius 3 is 1.73 bits per heavy atom. The van der Waals surface area contributed by atoms with E-state index >= 15 is 14.4 Å². The lowest BCUT2D eigenvalue weighted by molar-refractivity contribution is -0.144. The molecule has 0 aliphatic carbocycles. The fraction of sp³-hybridized carbons (Fsp3) is 0.573. The SMILES string of the molecule is CCCCc1ccc(-c2cn([C@H]3C[C@@H](C(=O)N[C@@H](Cc4c[nH]c5ccccc45)C(=O)N[C@@H](CO)C(=O)N[C@@H](CCC(=O)O)C(=O)N[C@@H](C)C(=O)N[C@@H](CCSC)C(=O)N[C@@H](CCSC)C(N)=O)N(C(=O)[C@@H](NC(=O)[C@H](CC(N)=O)NC(=O)[C@H](CC(N)=O)NC(=O)[C@@H](NC(=O)[C@@H](N)CCCN=C(N)N)[C@@H](C)CC)[C@@H](C)CC)C3)nn2)cc1. The second-order valence-corrected chi connectivity index (χ2v) is 30.7. The van der Waals surface area contributed by atoms with Crippen LogP contribution in [0.5, 0.6) is 0 Å². The Morgan fingerprint density at radius 1 is 0.603 bits per heavy atom. The van der Waals surface area contributed by atoms with Gasteiger partial charge in [-0.3, -0.25) is 76.9 Å². The first-order chi connectivity index (χ1) is 55.1. The molecule has 116 heavy (non-hydrogen) atoms. The first kappa shape index (κ1) is 95.6. The summed E-state index contributed by atoms with van der Waals surface area (Å²) in [7, 11) is 0. The number of benzene rings is 2. The monoisotopic (exact) mass is 1660 g/mol. The number of aliphatic imine (C=N–C) groups is 1. The number of guanidine groups is 1. The molecule has 4 aromatic rings. The van der Waals surface area contributed by atoms with Crippen molar-refractivity contribution >= 4 is 129 Å². The highest BCUT2D eigenvalue weighted by Crippen LogP contribution is 2.31. The van der Waals surface area contributed by atoms with Crippen LogP contribution in [0.15, 0.2) is 65.9 Å². The summed E-state index contributed by atoms with van der Waals surface area (Å²) in [5, 5.41) is 55.2. The molecule has 15 atom stereocenters. The Morgan fingerprint density at radius 2 is 1.14 bits per heavy atom. The van der Waals surface area contributed by atoms with Crippen molar-refractivity contribution in [3.8, 4) is 11.3 Å². The first-order valence-electron chi connectivity index (χ1n) is 38.5. The number of aromatic nitrogens is 4. The predicted octanol–water partition coefficient (Wildman–Crippen LogP) is -2.91. The van der Waals surface area contributed by atoms with Crippen LogP contribution in [-0.2, 0) is 84.8 Å². The maximum atomic E-state index is 15.7. The number of para-hydroxylation sites is 1. The number of nitrogens with zero attached hydrogens (tertiary/aromatic N) is 5. The highest BCUT2D eigenvalue weighted by atomic mass is 32.2. The lowest BCUT2D eigenvalue weighted by Crippen LogP contribution is -2.62. The molecule has 0 radical (unpaired) electrons. The Kier molecular flexibility index (Phi) is 39.4. The summed E-state index contributed by atoms with van der Waals surface area (Å²) in [4.78, 5) is 216. The number of nitrogens with one attached hydrogen (secondary N) is 11. The Hall–Kier alpha value is -10.9. The van der Waals surface area contributed by atoms with Crippen LogP contribution in [0.2, 0.25) is 0 Å². The third kappa shape index (κ3) is 29.7. The molecule has 1 aliphatic heterocycles. The highest BCUT2D eigenvalue weighted by molar-refractivity contribution is 7.98. The van der Waals surface area contributed by atoms with Crippen LogP contribution in [0.25, 0.3) is 22.2 Å². The molecule has 0 unspecified atom stereocenters. The van der Waals surface area contributed by atoms with Gasteiger partial charge in [-0.25, -0.2) is 4.68 Å². The number of thioether (sulfide) groups is 2. The maximum Gasteiger partial charge on any atom is 0.303 e. The Bertz CT molecular complexity index is 4090. The summed E-state index contributed by atoms with van der Waals surface area (Å²) < 4.78 is 1.46. The standard InChI is InChI=1S/C75H114N22O17S2/c1-9-12-16-42-20-22-43(23-21-42)55-37-97(95-94-55)45-32-57(96(36-45)74(114)62(40(5)11-3)93-70(110)54(34-59(78)100)88-69(109)53(33-58(77)99)90-73(113)61(39(4)10-2)92-65(105)47(76)18-15-28-82-75(80)81)72(112)89-52(31-44-35-83-48-19-14-13-17-46(44)48)68(108)91-56(38-98)71(111)87-50(24-25-60(101)102)66(106)84-41(6)64(104)86-51(27-30-116-8)67(107)85-49(63(79)103)26-29-115-7/h13-14,17,19-23,35,37,39-41,45,47,49-54,56-57,61-62,83,98H,9-12,15-16,18,24-34,36,38,76H2,1-8H3,(H2,77,99)(H2,78,100)(H2,79,103)(H,84,106)(H,85,107)(H,86,104)(H,87,111)(H,88,109)(H,89,112)(H,90,113)(H,91,108)(H,92,105)(H,93,110)(H,101,102)(H4,80,81,82)/t39-,40-,41-,45-,47-,49-,50-,51-,52-,53-,54-,56-,57-,61-,62-/m0/s1. The van der Waals surface area contributed by atoms with Gasteiger partial charge in [0, 0.05) is 55.0 Å². The zero-order chi connectivity index (χ0) is 86.0. The number of aliphatic hydroxyl groups is 1. The number of rotatable bonds is 51. The number of aromatic amines is 1. The van der Waals surface area contributed by atoms with Crippen LogP contribution in [0.4, 0.5) is 0 Å². The molecule has 3 heterocycles. The van der Waals surface area contributed by atoms with E-state index in [2.05, 4.69) is 80.4 Å². The van der Waals surface area contributed by atoms with Gasteiger partial charge in [0.25, 0.3) is 0 Å². The number of aliphatic carboxylic acids is 1. The van der Waals surface area contributed by atoms with E-state index in [1.807, 2.05) is 24.3 Å². The van der Waals surface area contributed by atoms with E-state index in [4.69, 9.17) is 34.4 Å². The second-order valence-electron chi connectivity index (χ2n) is 28.7. The smallest absolute Gasteiger partial charge is 0.303 e. The topological polar surface area (TPSA) is 635 Å². The van der Waals surface area contributed by atoms with Crippen molar-refractivity contribution in [1.82, 2.24) is 78.0 Å². The number of H-pyrrole nitrogens is 1. The molecule has 638 valence electrons. The van der Waals surface area contributed by atoms with Gasteiger partial charge in [-0.2, -0.15) is 23.5 Å². The summed E-state index contributed by atoms with van der Waals surface area (Å²) in [6, 6.07) is -4.71. The van der Waals surface area contributed by atoms with E-state index in [1.165, 1.54) is 35.1 Å². The molecule has 1 aliphatic rings. The van der Waals surface area contributed by atoms with Gasteiger partial charge in [-0.1, -0.05) is 102 Å². The van der Waals surface area contributed by atoms with Crippen LogP contribution in [0.3, 0.4) is 0 Å². The van der Waals surface area contributed by atoms with Gasteiger partial charge in [0.05, 0.1) is 37.7 Å². The molecule has 41 heteroatoms. The minimum Gasteiger partial charge on any atom is -0.481 e. The molecule has 0 bridgehead atoms. The lowest BCUT2D eigenvalue weighted by Gasteiger charge is -2.33. The first-order valence-corrected chi connectivity index (χ1v) is 41.2. The van der Waals surface area contributed by atoms with E-state index in [9.17, 15) is 67.7 Å². The van der Waals surface area contributed by atoms with Crippen molar-refractivity contribution in [2.24, 2.45) is 51.2 Å².